The molecule has 0 aliphatic heterocycles. The van der Waals surface area contributed by atoms with Gasteiger partial charge in [-0.25, -0.2) is 4.98 Å². The Balaban J connectivity index is 1.40. The van der Waals surface area contributed by atoms with Gasteiger partial charge in [0.2, 0.25) is 0 Å². The molecule has 0 aliphatic carbocycles. The summed E-state index contributed by atoms with van der Waals surface area (Å²) in [5.41, 5.74) is 2.18. The molecule has 26 heavy (non-hydrogen) atoms. The fraction of sp³-hybridized carbons (Fsp3) is 0.238. The van der Waals surface area contributed by atoms with Gasteiger partial charge in [-0.15, -0.1) is 0 Å². The average Bonchev–Trinajstić information content (AvgIpc) is 3.19. The molecule has 5 nitrogen and oxygen atoms in total. The predicted molar refractivity (Wildman–Crippen MR) is 98.7 cm³/mol. The first-order valence-corrected chi connectivity index (χ1v) is 8.66. The third kappa shape index (κ3) is 5.77. The number of aromatic nitrogens is 2. The third-order valence-corrected chi connectivity index (χ3v) is 3.94. The van der Waals surface area contributed by atoms with Gasteiger partial charge in [0.25, 0.3) is 0 Å². The second-order valence-corrected chi connectivity index (χ2v) is 5.94. The molecular weight excluding hydrogens is 328 g/mol. The summed E-state index contributed by atoms with van der Waals surface area (Å²) in [5, 5.41) is 0. The topological polar surface area (TPSA) is 53.4 Å². The molecule has 0 fully saturated rings. The maximum Gasteiger partial charge on any atom is 0.306 e. The van der Waals surface area contributed by atoms with Crippen LogP contribution in [-0.4, -0.2) is 22.1 Å². The van der Waals surface area contributed by atoms with E-state index in [0.717, 1.165) is 16.9 Å². The molecule has 0 radical (unpaired) electrons. The Labute approximate surface area is 153 Å². The maximum atomic E-state index is 11.9. The minimum Gasteiger partial charge on any atom is -0.489 e. The molecule has 134 valence electrons. The van der Waals surface area contributed by atoms with Crippen molar-refractivity contribution in [1.29, 1.82) is 0 Å². The number of benzene rings is 2. The number of ether oxygens (including phenoxy) is 2. The van der Waals surface area contributed by atoms with E-state index in [2.05, 4.69) is 4.98 Å². The Morgan fingerprint density at radius 2 is 1.88 bits per heavy atom. The normalized spacial score (nSPS) is 10.5. The molecule has 0 atom stereocenters. The molecule has 3 rings (SSSR count). The van der Waals surface area contributed by atoms with Crippen LogP contribution in [0.1, 0.15) is 17.5 Å². The molecule has 0 amide bonds. The van der Waals surface area contributed by atoms with E-state index >= 15 is 0 Å². The first kappa shape index (κ1) is 17.7. The predicted octanol–water partition coefficient (Wildman–Crippen LogP) is 3.64. The molecule has 3 aromatic rings. The van der Waals surface area contributed by atoms with Gasteiger partial charge in [-0.2, -0.15) is 0 Å². The van der Waals surface area contributed by atoms with Crippen molar-refractivity contribution in [2.24, 2.45) is 0 Å². The smallest absolute Gasteiger partial charge is 0.306 e. The highest BCUT2D eigenvalue weighted by molar-refractivity contribution is 5.69. The van der Waals surface area contributed by atoms with Gasteiger partial charge < -0.3 is 14.0 Å². The molecule has 0 N–H and O–H groups in total. The van der Waals surface area contributed by atoms with Crippen molar-refractivity contribution >= 4 is 5.97 Å². The van der Waals surface area contributed by atoms with Gasteiger partial charge in [-0.05, 0) is 29.7 Å². The van der Waals surface area contributed by atoms with Crippen molar-refractivity contribution in [3.63, 3.8) is 0 Å². The number of carbonyl (C=O) groups is 1. The Bertz CT molecular complexity index is 801. The summed E-state index contributed by atoms with van der Waals surface area (Å²) in [7, 11) is 0. The minimum atomic E-state index is -0.194. The maximum absolute atomic E-state index is 11.9. The highest BCUT2D eigenvalue weighted by Gasteiger charge is 2.05. The SMILES string of the molecule is O=C(CCc1cccc(OCc2ccccc2)c1)OCCn1ccnc1. The van der Waals surface area contributed by atoms with E-state index in [1.54, 1.807) is 12.5 Å². The molecular formula is C21H22N2O3. The number of esters is 1. The zero-order chi connectivity index (χ0) is 18.0. The monoisotopic (exact) mass is 350 g/mol. The van der Waals surface area contributed by atoms with E-state index in [1.165, 1.54) is 0 Å². The number of imidazole rings is 1. The number of rotatable bonds is 9. The molecule has 0 aliphatic rings. The quantitative estimate of drug-likeness (QED) is 0.553. The van der Waals surface area contributed by atoms with Crippen molar-refractivity contribution in [1.82, 2.24) is 9.55 Å². The molecule has 0 spiro atoms. The second kappa shape index (κ2) is 9.42. The van der Waals surface area contributed by atoms with E-state index in [9.17, 15) is 4.79 Å². The molecule has 0 saturated carbocycles. The van der Waals surface area contributed by atoms with Gasteiger partial charge in [-0.3, -0.25) is 4.79 Å². The van der Waals surface area contributed by atoms with Crippen molar-refractivity contribution in [3.05, 3.63) is 84.4 Å². The van der Waals surface area contributed by atoms with Crippen LogP contribution in [-0.2, 0) is 29.1 Å². The molecule has 1 heterocycles. The Hall–Kier alpha value is -3.08. The highest BCUT2D eigenvalue weighted by atomic mass is 16.5. The first-order chi connectivity index (χ1) is 12.8. The van der Waals surface area contributed by atoms with Gasteiger partial charge in [-0.1, -0.05) is 42.5 Å². The minimum absolute atomic E-state index is 0.194. The number of aryl methyl sites for hydroxylation is 1. The molecule has 5 heteroatoms. The zero-order valence-electron chi connectivity index (χ0n) is 14.6. The van der Waals surface area contributed by atoms with Gasteiger partial charge in [0.05, 0.1) is 12.9 Å². The fourth-order valence-electron chi connectivity index (χ4n) is 2.53. The Morgan fingerprint density at radius 3 is 2.69 bits per heavy atom. The van der Waals surface area contributed by atoms with E-state index in [0.29, 0.717) is 32.6 Å². The van der Waals surface area contributed by atoms with Gasteiger partial charge in [0.15, 0.2) is 0 Å². The van der Waals surface area contributed by atoms with E-state index in [1.807, 2.05) is 65.4 Å². The van der Waals surface area contributed by atoms with Crippen LogP contribution in [0.2, 0.25) is 0 Å². The van der Waals surface area contributed by atoms with Crippen LogP contribution in [0.4, 0.5) is 0 Å². The number of hydrogen-bond donors (Lipinski definition) is 0. The lowest BCUT2D eigenvalue weighted by atomic mass is 10.1. The summed E-state index contributed by atoms with van der Waals surface area (Å²) in [6, 6.07) is 17.9. The standard InChI is InChI=1S/C21H22N2O3/c24-21(25-14-13-23-12-11-22-17-23)10-9-18-7-4-8-20(15-18)26-16-19-5-2-1-3-6-19/h1-8,11-12,15,17H,9-10,13-14,16H2. The lowest BCUT2D eigenvalue weighted by Gasteiger charge is -2.09. The average molecular weight is 350 g/mol. The number of nitrogens with zero attached hydrogens (tertiary/aromatic N) is 2. The lowest BCUT2D eigenvalue weighted by molar-refractivity contribution is -0.143. The molecule has 0 unspecified atom stereocenters. The molecule has 0 bridgehead atoms. The summed E-state index contributed by atoms with van der Waals surface area (Å²) in [4.78, 5) is 15.8. The third-order valence-electron chi connectivity index (χ3n) is 3.94. The van der Waals surface area contributed by atoms with Gasteiger partial charge >= 0.3 is 5.97 Å². The Kier molecular flexibility index (Phi) is 6.42. The van der Waals surface area contributed by atoms with Crippen LogP contribution >= 0.6 is 0 Å². The largest absolute Gasteiger partial charge is 0.489 e. The van der Waals surface area contributed by atoms with Crippen molar-refractivity contribution < 1.29 is 14.3 Å². The molecule has 0 saturated heterocycles. The second-order valence-electron chi connectivity index (χ2n) is 5.94. The van der Waals surface area contributed by atoms with Crippen molar-refractivity contribution in [2.75, 3.05) is 6.61 Å². The highest BCUT2D eigenvalue weighted by Crippen LogP contribution is 2.16. The van der Waals surface area contributed by atoms with Crippen LogP contribution in [0.5, 0.6) is 5.75 Å². The summed E-state index contributed by atoms with van der Waals surface area (Å²) in [6.45, 7) is 1.50. The van der Waals surface area contributed by atoms with Crippen LogP contribution in [0, 0.1) is 0 Å². The summed E-state index contributed by atoms with van der Waals surface area (Å²) < 4.78 is 13.0. The Morgan fingerprint density at radius 1 is 1.04 bits per heavy atom. The lowest BCUT2D eigenvalue weighted by Crippen LogP contribution is -2.11. The zero-order valence-corrected chi connectivity index (χ0v) is 14.6. The number of hydrogen-bond acceptors (Lipinski definition) is 4. The van der Waals surface area contributed by atoms with Gasteiger partial charge in [0, 0.05) is 18.8 Å². The summed E-state index contributed by atoms with van der Waals surface area (Å²) >= 11 is 0. The first-order valence-electron chi connectivity index (χ1n) is 8.66. The van der Waals surface area contributed by atoms with Crippen molar-refractivity contribution in [2.45, 2.75) is 26.0 Å². The van der Waals surface area contributed by atoms with Crippen LogP contribution in [0.3, 0.4) is 0 Å². The van der Waals surface area contributed by atoms with E-state index in [-0.39, 0.29) is 5.97 Å². The van der Waals surface area contributed by atoms with E-state index in [4.69, 9.17) is 9.47 Å². The number of carbonyl (C=O) groups excluding carboxylic acids is 1. The molecule has 2 aromatic carbocycles. The fourth-order valence-corrected chi connectivity index (χ4v) is 2.53. The summed E-state index contributed by atoms with van der Waals surface area (Å²) in [5.74, 6) is 0.612. The van der Waals surface area contributed by atoms with Crippen LogP contribution < -0.4 is 4.74 Å². The van der Waals surface area contributed by atoms with Gasteiger partial charge in [0.1, 0.15) is 19.0 Å². The molecule has 1 aromatic heterocycles. The van der Waals surface area contributed by atoms with E-state index < -0.39 is 0 Å². The van der Waals surface area contributed by atoms with Crippen LogP contribution in [0.15, 0.2) is 73.3 Å². The summed E-state index contributed by atoms with van der Waals surface area (Å²) in [6.07, 6.45) is 6.23. The van der Waals surface area contributed by atoms with Crippen LogP contribution in [0.25, 0.3) is 0 Å². The van der Waals surface area contributed by atoms with Crippen molar-refractivity contribution in [3.8, 4) is 5.75 Å².